The Hall–Kier alpha value is -1.78. The Bertz CT molecular complexity index is 1180. The van der Waals surface area contributed by atoms with Crippen LogP contribution in [0.15, 0.2) is 35.0 Å². The molecule has 2 atom stereocenters. The molecule has 2 unspecified atom stereocenters. The number of benzene rings is 2. The molecule has 2 heterocycles. The summed E-state index contributed by atoms with van der Waals surface area (Å²) in [5, 5.41) is 9.65. The summed E-state index contributed by atoms with van der Waals surface area (Å²) in [5.41, 5.74) is 0. The van der Waals surface area contributed by atoms with Crippen LogP contribution in [-0.4, -0.2) is 13.2 Å². The van der Waals surface area contributed by atoms with E-state index in [-0.39, 0.29) is 0 Å². The van der Waals surface area contributed by atoms with E-state index in [2.05, 4.69) is 76.6 Å². The molecule has 0 aliphatic carbocycles. The van der Waals surface area contributed by atoms with Crippen LogP contribution in [0.1, 0.15) is 92.9 Å². The van der Waals surface area contributed by atoms with Crippen molar-refractivity contribution in [2.75, 3.05) is 13.2 Å². The van der Waals surface area contributed by atoms with Crippen LogP contribution in [-0.2, 0) is 0 Å². The summed E-state index contributed by atoms with van der Waals surface area (Å²) in [6.45, 7) is 15.5. The first-order chi connectivity index (χ1) is 18.3. The second-order valence-corrected chi connectivity index (χ2v) is 14.1. The van der Waals surface area contributed by atoms with E-state index in [0.29, 0.717) is 11.8 Å². The van der Waals surface area contributed by atoms with Gasteiger partial charge in [0.2, 0.25) is 0 Å². The van der Waals surface area contributed by atoms with Crippen molar-refractivity contribution < 1.29 is 9.47 Å². The fourth-order valence-corrected chi connectivity index (χ4v) is 7.42. The van der Waals surface area contributed by atoms with Crippen molar-refractivity contribution in [3.8, 4) is 11.5 Å². The lowest BCUT2D eigenvalue weighted by Crippen LogP contribution is -2.08. The van der Waals surface area contributed by atoms with Gasteiger partial charge in [-0.3, -0.25) is 0 Å². The third kappa shape index (κ3) is 7.66. The fourth-order valence-electron chi connectivity index (χ4n) is 5.40. The van der Waals surface area contributed by atoms with Gasteiger partial charge >= 0.3 is 0 Å². The van der Waals surface area contributed by atoms with Gasteiger partial charge in [-0.2, -0.15) is 0 Å². The number of hydrogen-bond donors (Lipinski definition) is 0. The zero-order chi connectivity index (χ0) is 27.1. The van der Waals surface area contributed by atoms with Crippen LogP contribution in [0.3, 0.4) is 0 Å². The van der Waals surface area contributed by atoms with Gasteiger partial charge in [0.05, 0.1) is 22.6 Å². The Morgan fingerprint density at radius 2 is 0.974 bits per heavy atom. The van der Waals surface area contributed by atoms with Gasteiger partial charge < -0.3 is 9.47 Å². The maximum atomic E-state index is 6.49. The molecule has 0 aliphatic heterocycles. The lowest BCUT2D eigenvalue weighted by molar-refractivity contribution is 0.238. The summed E-state index contributed by atoms with van der Waals surface area (Å²) in [6.07, 6.45) is 9.98. The molecule has 4 aromatic rings. The maximum Gasteiger partial charge on any atom is 0.161 e. The standard InChI is InChI=1S/C34H48O2S2/c1-23(2)9-7-11-25(5)13-17-35-31-21-29-27-15-19-37-33(27)34-28(16-20-38-34)30(29)22-32(31)36-18-14-26(6)12-8-10-24(3)4/h15-16,19-26H,7-14,17-18H2,1-6H3. The lowest BCUT2D eigenvalue weighted by atomic mass is 9.97. The zero-order valence-electron chi connectivity index (χ0n) is 24.5. The van der Waals surface area contributed by atoms with Crippen molar-refractivity contribution >= 4 is 53.6 Å². The van der Waals surface area contributed by atoms with Gasteiger partial charge in [-0.15, -0.1) is 22.7 Å². The lowest BCUT2D eigenvalue weighted by Gasteiger charge is -2.18. The van der Waals surface area contributed by atoms with Gasteiger partial charge in [0.15, 0.2) is 11.5 Å². The third-order valence-electron chi connectivity index (χ3n) is 7.89. The second kappa shape index (κ2) is 14.0. The second-order valence-electron chi connectivity index (χ2n) is 12.3. The van der Waals surface area contributed by atoms with E-state index >= 15 is 0 Å². The highest BCUT2D eigenvalue weighted by Gasteiger charge is 2.16. The first-order valence-corrected chi connectivity index (χ1v) is 16.7. The van der Waals surface area contributed by atoms with E-state index in [0.717, 1.165) is 49.4 Å². The SMILES string of the molecule is CC(C)CCCC(C)CCOc1cc2c(cc1OCCC(C)CCCC(C)C)c1ccsc1c1sccc21. The van der Waals surface area contributed by atoms with E-state index in [1.807, 2.05) is 22.7 Å². The summed E-state index contributed by atoms with van der Waals surface area (Å²) in [6, 6.07) is 9.04. The molecule has 2 aromatic heterocycles. The Morgan fingerprint density at radius 1 is 0.553 bits per heavy atom. The van der Waals surface area contributed by atoms with Crippen molar-refractivity contribution in [3.63, 3.8) is 0 Å². The van der Waals surface area contributed by atoms with Crippen molar-refractivity contribution in [2.24, 2.45) is 23.7 Å². The minimum Gasteiger partial charge on any atom is -0.490 e. The molecule has 0 spiro atoms. The van der Waals surface area contributed by atoms with Crippen LogP contribution in [0.25, 0.3) is 30.9 Å². The van der Waals surface area contributed by atoms with Crippen molar-refractivity contribution in [1.82, 2.24) is 0 Å². The molecule has 0 bridgehead atoms. The molecule has 2 nitrogen and oxygen atoms in total. The van der Waals surface area contributed by atoms with Gasteiger partial charge in [0.1, 0.15) is 0 Å². The highest BCUT2D eigenvalue weighted by atomic mass is 32.1. The van der Waals surface area contributed by atoms with E-state index < -0.39 is 0 Å². The quantitative estimate of drug-likeness (QED) is 0.138. The van der Waals surface area contributed by atoms with Crippen LogP contribution in [0.4, 0.5) is 0 Å². The normalized spacial score (nSPS) is 13.8. The predicted molar refractivity (Wildman–Crippen MR) is 171 cm³/mol. The maximum absolute atomic E-state index is 6.49. The van der Waals surface area contributed by atoms with Crippen LogP contribution < -0.4 is 9.47 Å². The average Bonchev–Trinajstić information content (AvgIpc) is 3.54. The van der Waals surface area contributed by atoms with Crippen molar-refractivity contribution in [2.45, 2.75) is 92.9 Å². The Kier molecular flexibility index (Phi) is 10.8. The summed E-state index contributed by atoms with van der Waals surface area (Å²) in [5.74, 6) is 4.75. The van der Waals surface area contributed by atoms with Crippen molar-refractivity contribution in [3.05, 3.63) is 35.0 Å². The van der Waals surface area contributed by atoms with Crippen LogP contribution in [0.2, 0.25) is 0 Å². The van der Waals surface area contributed by atoms with Crippen LogP contribution >= 0.6 is 22.7 Å². The predicted octanol–water partition coefficient (Wildman–Crippen LogP) is 11.7. The number of ether oxygens (including phenoxy) is 2. The molecule has 0 saturated carbocycles. The van der Waals surface area contributed by atoms with Crippen molar-refractivity contribution in [1.29, 1.82) is 0 Å². The monoisotopic (exact) mass is 552 g/mol. The molecule has 0 saturated heterocycles. The first-order valence-electron chi connectivity index (χ1n) is 14.9. The number of fused-ring (bicyclic) bond motifs is 6. The highest BCUT2D eigenvalue weighted by molar-refractivity contribution is 7.25. The molecular weight excluding hydrogens is 505 g/mol. The van der Waals surface area contributed by atoms with E-state index in [4.69, 9.17) is 9.47 Å². The molecular formula is C34H48O2S2. The number of rotatable bonds is 16. The molecule has 4 heteroatoms. The topological polar surface area (TPSA) is 18.5 Å². The molecule has 0 aliphatic rings. The number of hydrogen-bond acceptors (Lipinski definition) is 4. The van der Waals surface area contributed by atoms with E-state index in [1.54, 1.807) is 0 Å². The average molecular weight is 553 g/mol. The molecule has 0 amide bonds. The molecule has 0 N–H and O–H groups in total. The van der Waals surface area contributed by atoms with Gasteiger partial charge in [0, 0.05) is 10.8 Å². The third-order valence-corrected chi connectivity index (χ3v) is 9.89. The summed E-state index contributed by atoms with van der Waals surface area (Å²) in [7, 11) is 0. The molecule has 4 rings (SSSR count). The molecule has 2 aromatic carbocycles. The van der Waals surface area contributed by atoms with Gasteiger partial charge in [-0.1, -0.05) is 80.1 Å². The smallest absolute Gasteiger partial charge is 0.161 e. The first kappa shape index (κ1) is 29.2. The molecule has 208 valence electrons. The van der Waals surface area contributed by atoms with Gasteiger partial charge in [-0.25, -0.2) is 0 Å². The summed E-state index contributed by atoms with van der Waals surface area (Å²) < 4.78 is 15.8. The van der Waals surface area contributed by atoms with E-state index in [1.165, 1.54) is 69.5 Å². The largest absolute Gasteiger partial charge is 0.490 e. The van der Waals surface area contributed by atoms with Crippen LogP contribution in [0.5, 0.6) is 11.5 Å². The molecule has 0 fully saturated rings. The summed E-state index contributed by atoms with van der Waals surface area (Å²) >= 11 is 3.68. The fraction of sp³-hybridized carbons (Fsp3) is 0.588. The minimum absolute atomic E-state index is 0.680. The summed E-state index contributed by atoms with van der Waals surface area (Å²) in [4.78, 5) is 0. The zero-order valence-corrected chi connectivity index (χ0v) is 26.1. The van der Waals surface area contributed by atoms with Gasteiger partial charge in [-0.05, 0) is 82.3 Å². The van der Waals surface area contributed by atoms with Crippen LogP contribution in [0, 0.1) is 23.7 Å². The highest BCUT2D eigenvalue weighted by Crippen LogP contribution is 2.44. The molecule has 38 heavy (non-hydrogen) atoms. The van der Waals surface area contributed by atoms with E-state index in [9.17, 15) is 0 Å². The Labute approximate surface area is 238 Å². The number of thiophene rings is 2. The molecule has 0 radical (unpaired) electrons. The minimum atomic E-state index is 0.680. The van der Waals surface area contributed by atoms with Gasteiger partial charge in [0.25, 0.3) is 0 Å². The Balaban J connectivity index is 1.51. The Morgan fingerprint density at radius 3 is 1.37 bits per heavy atom.